The Hall–Kier alpha value is -2.79. The molecular weight excluding hydrogens is 398 g/mol. The van der Waals surface area contributed by atoms with Crippen LogP contribution in [0.25, 0.3) is 5.57 Å². The molecule has 0 unspecified atom stereocenters. The number of para-hydroxylation sites is 1. The summed E-state index contributed by atoms with van der Waals surface area (Å²) in [6.45, 7) is 11.6. The van der Waals surface area contributed by atoms with E-state index in [0.29, 0.717) is 10.8 Å². The molecule has 1 aliphatic rings. The Morgan fingerprint density at radius 1 is 1.27 bits per heavy atom. The normalized spacial score (nSPS) is 15.0. The largest absolute Gasteiger partial charge is 0.482 e. The van der Waals surface area contributed by atoms with Crippen LogP contribution in [0.3, 0.4) is 0 Å². The summed E-state index contributed by atoms with van der Waals surface area (Å²) in [5.41, 5.74) is 8.21. The van der Waals surface area contributed by atoms with Crippen molar-refractivity contribution in [3.8, 4) is 5.75 Å². The number of benzene rings is 2. The molecule has 2 aromatic carbocycles. The summed E-state index contributed by atoms with van der Waals surface area (Å²) in [4.78, 5) is 14.4. The van der Waals surface area contributed by atoms with Crippen LogP contribution in [-0.2, 0) is 4.79 Å². The van der Waals surface area contributed by atoms with Crippen LogP contribution in [0.15, 0.2) is 47.6 Å². The van der Waals surface area contributed by atoms with E-state index in [2.05, 4.69) is 68.3 Å². The van der Waals surface area contributed by atoms with Crippen LogP contribution in [0, 0.1) is 6.92 Å². The minimum Gasteiger partial charge on any atom is -0.482 e. The summed E-state index contributed by atoms with van der Waals surface area (Å²) in [6.07, 6.45) is 3.97. The zero-order valence-corrected chi connectivity index (χ0v) is 18.9. The Kier molecular flexibility index (Phi) is 6.52. The van der Waals surface area contributed by atoms with Gasteiger partial charge in [-0.1, -0.05) is 29.8 Å². The number of aryl methyl sites for hydroxylation is 1. The minimum atomic E-state index is -0.350. The van der Waals surface area contributed by atoms with Crippen molar-refractivity contribution < 1.29 is 9.53 Å². The first-order valence-electron chi connectivity index (χ1n) is 10.0. The Balaban J connectivity index is 1.70. The van der Waals surface area contributed by atoms with Gasteiger partial charge < -0.3 is 9.64 Å². The molecule has 3 rings (SSSR count). The summed E-state index contributed by atoms with van der Waals surface area (Å²) in [6, 6.07) is 11.4. The third kappa shape index (κ3) is 4.68. The highest BCUT2D eigenvalue weighted by molar-refractivity contribution is 6.32. The molecule has 1 heterocycles. The third-order valence-electron chi connectivity index (χ3n) is 5.27. The first kappa shape index (κ1) is 21.9. The molecule has 1 aliphatic heterocycles. The number of halogens is 1. The molecule has 0 aliphatic carbocycles. The minimum absolute atomic E-state index is 0.0243. The molecule has 0 spiro atoms. The van der Waals surface area contributed by atoms with Gasteiger partial charge in [-0.05, 0) is 75.6 Å². The van der Waals surface area contributed by atoms with Crippen molar-refractivity contribution >= 4 is 35.0 Å². The topological polar surface area (TPSA) is 53.9 Å². The first-order valence-corrected chi connectivity index (χ1v) is 10.4. The highest BCUT2D eigenvalue weighted by Crippen LogP contribution is 2.39. The van der Waals surface area contributed by atoms with Gasteiger partial charge in [-0.3, -0.25) is 4.79 Å². The Morgan fingerprint density at radius 2 is 2.00 bits per heavy atom. The second-order valence-electron chi connectivity index (χ2n) is 7.96. The molecule has 0 bridgehead atoms. The number of amides is 1. The van der Waals surface area contributed by atoms with Gasteiger partial charge in [0.15, 0.2) is 6.61 Å². The highest BCUT2D eigenvalue weighted by atomic mass is 35.5. The van der Waals surface area contributed by atoms with Crippen LogP contribution in [-0.4, -0.2) is 30.8 Å². The number of carbonyl (C=O) groups excluding carboxylic acids is 1. The van der Waals surface area contributed by atoms with Crippen molar-refractivity contribution in [2.45, 2.75) is 40.2 Å². The van der Waals surface area contributed by atoms with Crippen LogP contribution in [0.2, 0.25) is 5.02 Å². The van der Waals surface area contributed by atoms with E-state index in [0.717, 1.165) is 17.7 Å². The zero-order valence-electron chi connectivity index (χ0n) is 18.1. The number of nitrogens with zero attached hydrogens (tertiary/aromatic N) is 2. The van der Waals surface area contributed by atoms with Gasteiger partial charge in [0.1, 0.15) is 5.75 Å². The second kappa shape index (κ2) is 8.92. The lowest BCUT2D eigenvalue weighted by Crippen LogP contribution is -2.45. The zero-order chi connectivity index (χ0) is 21.9. The fraction of sp³-hybridized carbons (Fsp3) is 0.333. The lowest BCUT2D eigenvalue weighted by molar-refractivity contribution is -0.123. The number of rotatable bonds is 6. The summed E-state index contributed by atoms with van der Waals surface area (Å²) in [5, 5.41) is 4.57. The van der Waals surface area contributed by atoms with Crippen LogP contribution in [0.1, 0.15) is 44.4 Å². The number of allylic oxidation sites excluding steroid dienone is 1. The number of likely N-dealkylation sites (N-methyl/N-ethyl adjacent to an activating group) is 1. The molecule has 0 saturated carbocycles. The number of nitrogens with one attached hydrogen (secondary N) is 1. The summed E-state index contributed by atoms with van der Waals surface area (Å²) >= 11 is 6.02. The molecule has 0 atom stereocenters. The van der Waals surface area contributed by atoms with E-state index in [1.54, 1.807) is 30.5 Å². The highest BCUT2D eigenvalue weighted by Gasteiger charge is 2.30. The van der Waals surface area contributed by atoms with Gasteiger partial charge in [0.2, 0.25) is 0 Å². The van der Waals surface area contributed by atoms with Crippen molar-refractivity contribution in [1.82, 2.24) is 5.43 Å². The quantitative estimate of drug-likeness (QED) is 0.511. The number of hydrogen-bond donors (Lipinski definition) is 1. The summed E-state index contributed by atoms with van der Waals surface area (Å²) in [5.74, 6) is 0.117. The van der Waals surface area contributed by atoms with Crippen molar-refractivity contribution in [2.24, 2.45) is 5.10 Å². The van der Waals surface area contributed by atoms with Crippen LogP contribution < -0.4 is 15.1 Å². The Morgan fingerprint density at radius 3 is 2.70 bits per heavy atom. The molecule has 0 aromatic heterocycles. The molecule has 0 fully saturated rings. The average molecular weight is 426 g/mol. The number of hydrogen-bond acceptors (Lipinski definition) is 4. The standard InChI is InChI=1S/C24H28ClN3O2/c1-6-28-21-11-16(2)18(12-19(21)17(3)13-24(28,4)5)14-26-27-23(29)15-30-22-10-8-7-9-20(22)25/h7-14H,6,15H2,1-5H3,(H,27,29)/b26-14-. The van der Waals surface area contributed by atoms with E-state index in [9.17, 15) is 4.79 Å². The van der Waals surface area contributed by atoms with Gasteiger partial charge in [-0.15, -0.1) is 0 Å². The van der Waals surface area contributed by atoms with Gasteiger partial charge in [-0.2, -0.15) is 5.10 Å². The van der Waals surface area contributed by atoms with Gasteiger partial charge >= 0.3 is 0 Å². The number of ether oxygens (including phenoxy) is 1. The van der Waals surface area contributed by atoms with E-state index in [4.69, 9.17) is 16.3 Å². The van der Waals surface area contributed by atoms with E-state index in [1.165, 1.54) is 16.8 Å². The van der Waals surface area contributed by atoms with E-state index in [1.807, 2.05) is 0 Å². The molecular formula is C24H28ClN3O2. The maximum Gasteiger partial charge on any atom is 0.277 e. The molecule has 30 heavy (non-hydrogen) atoms. The number of hydrazone groups is 1. The van der Waals surface area contributed by atoms with Gasteiger partial charge in [0.05, 0.1) is 16.8 Å². The van der Waals surface area contributed by atoms with Crippen LogP contribution >= 0.6 is 11.6 Å². The number of fused-ring (bicyclic) bond motifs is 1. The van der Waals surface area contributed by atoms with E-state index in [-0.39, 0.29) is 18.1 Å². The molecule has 1 N–H and O–H groups in total. The van der Waals surface area contributed by atoms with Crippen molar-refractivity contribution in [3.63, 3.8) is 0 Å². The molecule has 5 nitrogen and oxygen atoms in total. The predicted molar refractivity (Wildman–Crippen MR) is 125 cm³/mol. The lowest BCUT2D eigenvalue weighted by atomic mass is 9.87. The molecule has 0 saturated heterocycles. The van der Waals surface area contributed by atoms with Crippen LogP contribution in [0.5, 0.6) is 5.75 Å². The summed E-state index contributed by atoms with van der Waals surface area (Å²) in [7, 11) is 0. The van der Waals surface area contributed by atoms with Crippen molar-refractivity contribution in [1.29, 1.82) is 0 Å². The second-order valence-corrected chi connectivity index (χ2v) is 8.37. The van der Waals surface area contributed by atoms with Gasteiger partial charge in [-0.25, -0.2) is 5.43 Å². The van der Waals surface area contributed by atoms with Crippen molar-refractivity contribution in [3.05, 3.63) is 64.2 Å². The first-order chi connectivity index (χ1) is 14.2. The Labute approximate surface area is 183 Å². The fourth-order valence-corrected chi connectivity index (χ4v) is 4.06. The van der Waals surface area contributed by atoms with Crippen LogP contribution in [0.4, 0.5) is 5.69 Å². The molecule has 0 radical (unpaired) electrons. The lowest BCUT2D eigenvalue weighted by Gasteiger charge is -2.43. The molecule has 158 valence electrons. The maximum absolute atomic E-state index is 12.0. The van der Waals surface area contributed by atoms with Gasteiger partial charge in [0.25, 0.3) is 5.91 Å². The number of anilines is 1. The van der Waals surface area contributed by atoms with E-state index < -0.39 is 0 Å². The predicted octanol–water partition coefficient (Wildman–Crippen LogP) is 5.20. The SMILES string of the molecule is CCN1c2cc(C)c(/C=N\NC(=O)COc3ccccc3Cl)cc2C(C)=CC1(C)C. The fourth-order valence-electron chi connectivity index (χ4n) is 3.87. The summed E-state index contributed by atoms with van der Waals surface area (Å²) < 4.78 is 5.43. The van der Waals surface area contributed by atoms with Crippen molar-refractivity contribution in [2.75, 3.05) is 18.1 Å². The van der Waals surface area contributed by atoms with Gasteiger partial charge in [0, 0.05) is 17.8 Å². The number of carbonyl (C=O) groups is 1. The average Bonchev–Trinajstić information content (AvgIpc) is 2.68. The van der Waals surface area contributed by atoms with E-state index >= 15 is 0 Å². The third-order valence-corrected chi connectivity index (χ3v) is 5.58. The molecule has 1 amide bonds. The molecule has 6 heteroatoms. The monoisotopic (exact) mass is 425 g/mol. The smallest absolute Gasteiger partial charge is 0.277 e. The molecule has 2 aromatic rings. The maximum atomic E-state index is 12.0. The Bertz CT molecular complexity index is 1010.